The van der Waals surface area contributed by atoms with Crippen molar-refractivity contribution in [3.05, 3.63) is 28.1 Å². The molecule has 33 heavy (non-hydrogen) atoms. The molecule has 1 aromatic carbocycles. The highest BCUT2D eigenvalue weighted by Gasteiger charge is 2.23. The van der Waals surface area contributed by atoms with Crippen molar-refractivity contribution < 1.29 is 19.1 Å². The van der Waals surface area contributed by atoms with E-state index in [1.54, 1.807) is 6.07 Å². The van der Waals surface area contributed by atoms with E-state index in [1.165, 1.54) is 13.2 Å². The molecule has 2 heterocycles. The summed E-state index contributed by atoms with van der Waals surface area (Å²) < 4.78 is 10.6. The fourth-order valence-corrected chi connectivity index (χ4v) is 3.29. The van der Waals surface area contributed by atoms with Gasteiger partial charge in [0.25, 0.3) is 5.91 Å². The molecule has 0 bridgehead atoms. The first-order valence-electron chi connectivity index (χ1n) is 10.8. The number of hydrogen-bond donors (Lipinski definition) is 2. The zero-order valence-electron chi connectivity index (χ0n) is 19.4. The van der Waals surface area contributed by atoms with Crippen LogP contribution in [0, 0.1) is 0 Å². The Morgan fingerprint density at radius 2 is 2.15 bits per heavy atom. The molecule has 0 aliphatic carbocycles. The number of benzene rings is 1. The number of rotatable bonds is 8. The molecule has 3 N–H and O–H groups in total. The Bertz CT molecular complexity index is 1030. The fraction of sp³-hybridized carbons (Fsp3) is 0.524. The van der Waals surface area contributed by atoms with Crippen LogP contribution in [0.1, 0.15) is 43.5 Å². The Kier molecular flexibility index (Phi) is 9.64. The molecule has 0 radical (unpaired) electrons. The Labute approximate surface area is 192 Å². The maximum Gasteiger partial charge on any atom is 0.252 e. The van der Waals surface area contributed by atoms with Crippen molar-refractivity contribution >= 4 is 34.5 Å². The van der Waals surface area contributed by atoms with E-state index < -0.39 is 5.91 Å². The van der Waals surface area contributed by atoms with E-state index in [9.17, 15) is 9.59 Å². The number of nitrogens with zero attached hydrogens (tertiary/aromatic N) is 6. The number of amides is 2. The molecule has 0 saturated carbocycles. The highest BCUT2D eigenvalue weighted by molar-refractivity contribution is 6.03. The van der Waals surface area contributed by atoms with Gasteiger partial charge in [-0.15, -0.1) is 0 Å². The van der Waals surface area contributed by atoms with Gasteiger partial charge in [0, 0.05) is 43.1 Å². The summed E-state index contributed by atoms with van der Waals surface area (Å²) >= 11 is 0. The van der Waals surface area contributed by atoms with Gasteiger partial charge in [-0.3, -0.25) is 9.59 Å². The minimum absolute atomic E-state index is 0.0752. The van der Waals surface area contributed by atoms with Crippen molar-refractivity contribution in [2.24, 2.45) is 5.11 Å². The van der Waals surface area contributed by atoms with E-state index in [0.717, 1.165) is 12.8 Å². The van der Waals surface area contributed by atoms with Crippen LogP contribution in [0.2, 0.25) is 0 Å². The van der Waals surface area contributed by atoms with Gasteiger partial charge in [0.1, 0.15) is 17.7 Å². The Hall–Kier alpha value is -3.63. The minimum atomic E-state index is -0.785. The summed E-state index contributed by atoms with van der Waals surface area (Å²) in [6.07, 6.45) is 2.01. The molecule has 178 valence electrons. The van der Waals surface area contributed by atoms with Gasteiger partial charge in [-0.25, -0.2) is 4.98 Å². The third-order valence-corrected chi connectivity index (χ3v) is 4.93. The lowest BCUT2D eigenvalue weighted by atomic mass is 10.1. The predicted molar refractivity (Wildman–Crippen MR) is 125 cm³/mol. The van der Waals surface area contributed by atoms with Gasteiger partial charge in [0.15, 0.2) is 0 Å². The van der Waals surface area contributed by atoms with Gasteiger partial charge >= 0.3 is 0 Å². The number of azide groups is 1. The Morgan fingerprint density at radius 3 is 2.79 bits per heavy atom. The van der Waals surface area contributed by atoms with Gasteiger partial charge < -0.3 is 25.4 Å². The molecular weight excluding hydrogens is 428 g/mol. The second-order valence-electron chi connectivity index (χ2n) is 7.04. The first kappa shape index (κ1) is 25.6. The van der Waals surface area contributed by atoms with E-state index in [-0.39, 0.29) is 29.1 Å². The average molecular weight is 459 g/mol. The van der Waals surface area contributed by atoms with Crippen LogP contribution < -0.4 is 20.7 Å². The normalized spacial score (nSPS) is 14.6. The minimum Gasteiger partial charge on any atom is -0.496 e. The molecule has 2 amide bonds. The van der Waals surface area contributed by atoms with Gasteiger partial charge in [0.05, 0.1) is 18.2 Å². The molecule has 1 unspecified atom stereocenters. The molecule has 12 heteroatoms. The molecule has 1 aliphatic rings. The summed E-state index contributed by atoms with van der Waals surface area (Å²) in [6, 6.07) is 3.00. The molecule has 1 atom stereocenters. The zero-order chi connectivity index (χ0) is 24.4. The molecule has 0 spiro atoms. The van der Waals surface area contributed by atoms with Crippen LogP contribution in [0.4, 0.5) is 11.8 Å². The largest absolute Gasteiger partial charge is 0.496 e. The molecular formula is C21H30N8O4. The number of fused-ring (bicyclic) bond motifs is 1. The summed E-state index contributed by atoms with van der Waals surface area (Å²) in [5.41, 5.74) is 15.2. The lowest BCUT2D eigenvalue weighted by Gasteiger charge is -2.19. The van der Waals surface area contributed by atoms with E-state index in [0.29, 0.717) is 43.0 Å². The molecule has 2 aromatic rings. The lowest BCUT2D eigenvalue weighted by Crippen LogP contribution is -2.36. The number of hydrogen-bond acceptors (Lipinski definition) is 8. The monoisotopic (exact) mass is 458 g/mol. The lowest BCUT2D eigenvalue weighted by molar-refractivity contribution is -0.130. The topological polar surface area (TPSA) is 168 Å². The first-order chi connectivity index (χ1) is 15.9. The number of carbonyl (C=O) groups is 2. The van der Waals surface area contributed by atoms with Crippen LogP contribution in [-0.2, 0) is 9.53 Å². The number of nitrogens with two attached hydrogens (primary N) is 1. The average Bonchev–Trinajstić information content (AvgIpc) is 3.37. The van der Waals surface area contributed by atoms with Crippen LogP contribution in [0.25, 0.3) is 21.3 Å². The van der Waals surface area contributed by atoms with E-state index in [4.69, 9.17) is 20.7 Å². The maximum atomic E-state index is 12.0. The number of nitrogen functional groups attached to an aromatic ring is 1. The number of methoxy groups -OCH3 is 1. The molecule has 1 aromatic heterocycles. The second-order valence-corrected chi connectivity index (χ2v) is 7.04. The molecule has 1 aliphatic heterocycles. The van der Waals surface area contributed by atoms with Gasteiger partial charge in [-0.2, -0.15) is 4.98 Å². The first-order valence-corrected chi connectivity index (χ1v) is 10.8. The fourth-order valence-electron chi connectivity index (χ4n) is 3.29. The number of ether oxygens (including phenoxy) is 2. The number of aromatic nitrogens is 2. The van der Waals surface area contributed by atoms with Crippen molar-refractivity contribution in [1.82, 2.24) is 15.3 Å². The van der Waals surface area contributed by atoms with Crippen LogP contribution >= 0.6 is 0 Å². The molecule has 1 saturated heterocycles. The van der Waals surface area contributed by atoms with Crippen LogP contribution in [0.3, 0.4) is 0 Å². The summed E-state index contributed by atoms with van der Waals surface area (Å²) in [7, 11) is 3.22. The standard InChI is InChI=1S/C19H24N8O4.C2H6/c1-27(7-4-6-22-18(29)14-5-3-8-31-14)19-23-13-10-15(30-2)12(17(28)25-26-21)9-11(13)16(20)24-19;1-2/h9-10,14H,3-8H2,1-2H3,(H,22,29)(H2,20,23,24);1-2H3. The van der Waals surface area contributed by atoms with Crippen LogP contribution in [0.5, 0.6) is 5.75 Å². The van der Waals surface area contributed by atoms with Crippen molar-refractivity contribution in [3.8, 4) is 5.75 Å². The third-order valence-electron chi connectivity index (χ3n) is 4.93. The maximum absolute atomic E-state index is 12.0. The van der Waals surface area contributed by atoms with Crippen LogP contribution in [0.15, 0.2) is 17.2 Å². The summed E-state index contributed by atoms with van der Waals surface area (Å²) in [5.74, 6) is -0.0762. The quantitative estimate of drug-likeness (QED) is 0.263. The number of nitrogens with one attached hydrogen (secondary N) is 1. The Morgan fingerprint density at radius 1 is 1.39 bits per heavy atom. The highest BCUT2D eigenvalue weighted by Crippen LogP contribution is 2.29. The van der Waals surface area contributed by atoms with E-state index >= 15 is 0 Å². The Balaban J connectivity index is 0.00000187. The van der Waals surface area contributed by atoms with Crippen molar-refractivity contribution in [2.75, 3.05) is 44.5 Å². The zero-order valence-corrected chi connectivity index (χ0v) is 19.4. The van der Waals surface area contributed by atoms with E-state index in [2.05, 4.69) is 25.3 Å². The smallest absolute Gasteiger partial charge is 0.252 e. The molecule has 12 nitrogen and oxygen atoms in total. The van der Waals surface area contributed by atoms with Gasteiger partial charge in [0.2, 0.25) is 11.9 Å². The predicted octanol–water partition coefficient (Wildman–Crippen LogP) is 2.82. The summed E-state index contributed by atoms with van der Waals surface area (Å²) in [5, 5.41) is 6.42. The molecule has 1 fully saturated rings. The number of carbonyl (C=O) groups excluding carboxylic acids is 2. The van der Waals surface area contributed by atoms with Gasteiger partial charge in [-0.1, -0.05) is 13.8 Å². The van der Waals surface area contributed by atoms with Gasteiger partial charge in [-0.05, 0) is 36.0 Å². The van der Waals surface area contributed by atoms with Crippen molar-refractivity contribution in [2.45, 2.75) is 39.2 Å². The second kappa shape index (κ2) is 12.4. The third kappa shape index (κ3) is 6.43. The summed E-state index contributed by atoms with van der Waals surface area (Å²) in [4.78, 5) is 37.1. The van der Waals surface area contributed by atoms with Crippen LogP contribution in [-0.4, -0.2) is 61.7 Å². The van der Waals surface area contributed by atoms with E-state index in [1.807, 2.05) is 25.8 Å². The number of anilines is 2. The van der Waals surface area contributed by atoms with Crippen molar-refractivity contribution in [1.29, 1.82) is 0 Å². The highest BCUT2D eigenvalue weighted by atomic mass is 16.5. The molecule has 3 rings (SSSR count). The summed E-state index contributed by atoms with van der Waals surface area (Å²) in [6.45, 7) is 5.72. The SMILES string of the molecule is CC.COc1cc2nc(N(C)CCCNC(=O)C3CCCO3)nc(N)c2cc1C(=O)N=[N+]=[N-]. The van der Waals surface area contributed by atoms with Crippen molar-refractivity contribution in [3.63, 3.8) is 0 Å².